The first-order valence-electron chi connectivity index (χ1n) is 31.9. The predicted molar refractivity (Wildman–Crippen MR) is 347 cm³/mol. The topological polar surface area (TPSA) is 9.72 Å². The molecular formula is C75H78BN3S. The van der Waals surface area contributed by atoms with E-state index >= 15 is 0 Å². The lowest BCUT2D eigenvalue weighted by molar-refractivity contribution is 0.332. The van der Waals surface area contributed by atoms with Gasteiger partial charge in [0.2, 0.25) is 0 Å². The van der Waals surface area contributed by atoms with E-state index in [-0.39, 0.29) is 68.9 Å². The van der Waals surface area contributed by atoms with Gasteiger partial charge in [-0.15, -0.1) is 11.3 Å². The Kier molecular flexibility index (Phi) is 10.1. The molecule has 402 valence electrons. The maximum Gasteiger partial charge on any atom is 0.264 e. The van der Waals surface area contributed by atoms with E-state index in [1.807, 2.05) is 11.3 Å². The average molecular weight is 1070 g/mol. The first-order chi connectivity index (χ1) is 40.1. The summed E-state index contributed by atoms with van der Waals surface area (Å²) in [4.78, 5) is 7.42. The number of hydrogen-bond donors (Lipinski definition) is 0. The first-order valence-corrected chi connectivity index (χ1v) is 30.2. The maximum atomic E-state index is 9.79. The van der Waals surface area contributed by atoms with Gasteiger partial charge in [-0.3, -0.25) is 0 Å². The largest absolute Gasteiger partial charge is 0.311 e. The van der Waals surface area contributed by atoms with Crippen LogP contribution in [0.15, 0.2) is 164 Å². The van der Waals surface area contributed by atoms with Crippen LogP contribution in [0.1, 0.15) is 167 Å². The van der Waals surface area contributed by atoms with Gasteiger partial charge in [-0.25, -0.2) is 0 Å². The number of benzene rings is 8. The van der Waals surface area contributed by atoms with Crippen LogP contribution in [-0.2, 0) is 32.5 Å². The fraction of sp³-hybridized carbons (Fsp3) is 0.333. The smallest absolute Gasteiger partial charge is 0.264 e. The van der Waals surface area contributed by atoms with E-state index in [4.69, 9.17) is 1.37 Å². The van der Waals surface area contributed by atoms with Gasteiger partial charge in [-0.1, -0.05) is 162 Å². The standard InChI is InChI=1S/C75H78BN3S/c1-47-39-64-67-65(40-47)79(62-45-59-57(72(6,7)35-37-74(59,10)11)43-53(62)48-23-17-14-18-24-48)63-42-52(77(49-25-19-15-20-26-49)50-27-21-16-22-28-50)30-32-61(63)76(67)69-68(54-44-58-60(46-66(54)80-69)75(12,13)38-36-73(58,8)9)78(64)51-29-31-55-56(41-51)71(4,5)34-33-70(55,2)3/h14-32,39-46H,33-38H2,1-13H3/i14D,17D,18D,23D,24D. The molecule has 0 radical (unpaired) electrons. The van der Waals surface area contributed by atoms with Gasteiger partial charge in [0.1, 0.15) is 0 Å². The van der Waals surface area contributed by atoms with Crippen LogP contribution in [0.2, 0.25) is 0 Å². The van der Waals surface area contributed by atoms with Crippen LogP contribution in [0, 0.1) is 6.92 Å². The van der Waals surface area contributed by atoms with Gasteiger partial charge in [-0.05, 0) is 218 Å². The molecule has 0 spiro atoms. The molecule has 0 saturated heterocycles. The third kappa shape index (κ3) is 7.79. The van der Waals surface area contributed by atoms with Crippen molar-refractivity contribution in [2.24, 2.45) is 0 Å². The number of nitrogens with zero attached hydrogens (tertiary/aromatic N) is 3. The van der Waals surface area contributed by atoms with Crippen LogP contribution in [-0.4, -0.2) is 6.71 Å². The molecule has 3 heterocycles. The second kappa shape index (κ2) is 17.6. The van der Waals surface area contributed by atoms with Crippen molar-refractivity contribution < 1.29 is 6.85 Å². The molecule has 0 fully saturated rings. The summed E-state index contributed by atoms with van der Waals surface area (Å²) >= 11 is 1.96. The van der Waals surface area contributed by atoms with Crippen molar-refractivity contribution in [1.29, 1.82) is 0 Å². The van der Waals surface area contributed by atoms with Crippen LogP contribution in [0.5, 0.6) is 0 Å². The van der Waals surface area contributed by atoms with Crippen molar-refractivity contribution in [2.45, 2.75) is 161 Å². The van der Waals surface area contributed by atoms with Crippen molar-refractivity contribution in [3.05, 3.63) is 203 Å². The Morgan fingerprint density at radius 1 is 0.463 bits per heavy atom. The van der Waals surface area contributed by atoms with E-state index in [0.29, 0.717) is 5.56 Å². The van der Waals surface area contributed by atoms with E-state index in [9.17, 15) is 5.48 Å². The summed E-state index contributed by atoms with van der Waals surface area (Å²) in [5.74, 6) is 0. The zero-order valence-electron chi connectivity index (χ0n) is 54.3. The SMILES string of the molecule is [2H]c1c([2H])c([2H])c(-c2cc3c(cc2N2c4cc(N(c5ccccc5)c5ccccc5)ccc4B4c5sc6cc7c(cc6c5N(c5ccc6c(c5)C(C)(C)CCC6(C)C)c5cc(C)cc2c54)C(C)(C)CCC7(C)C)C(C)(C)CCC3(C)C)c([2H])c1[2H]. The summed E-state index contributed by atoms with van der Waals surface area (Å²) in [6.45, 7) is 30.8. The quantitative estimate of drug-likeness (QED) is 0.154. The molecule has 3 nitrogen and oxygen atoms in total. The van der Waals surface area contributed by atoms with Gasteiger partial charge >= 0.3 is 0 Å². The fourth-order valence-electron chi connectivity index (χ4n) is 15.0. The summed E-state index contributed by atoms with van der Waals surface area (Å²) in [7, 11) is 0. The van der Waals surface area contributed by atoms with Crippen molar-refractivity contribution in [1.82, 2.24) is 0 Å². The van der Waals surface area contributed by atoms with E-state index < -0.39 is 6.04 Å². The Morgan fingerprint density at radius 2 is 0.975 bits per heavy atom. The van der Waals surface area contributed by atoms with Crippen molar-refractivity contribution in [3.63, 3.8) is 0 Å². The van der Waals surface area contributed by atoms with Gasteiger partial charge in [0.15, 0.2) is 0 Å². The van der Waals surface area contributed by atoms with Gasteiger partial charge in [-0.2, -0.15) is 0 Å². The van der Waals surface area contributed by atoms with E-state index in [1.165, 1.54) is 53.8 Å². The minimum absolute atomic E-state index is 0.00912. The van der Waals surface area contributed by atoms with Gasteiger partial charge in [0.25, 0.3) is 6.71 Å². The molecule has 5 aliphatic rings. The van der Waals surface area contributed by atoms with E-state index in [0.717, 1.165) is 101 Å². The number of aryl methyl sites for hydroxylation is 1. The highest BCUT2D eigenvalue weighted by molar-refractivity contribution is 7.33. The molecule has 9 aromatic rings. The number of rotatable bonds is 6. The molecule has 14 rings (SSSR count). The van der Waals surface area contributed by atoms with Crippen LogP contribution in [0.25, 0.3) is 21.2 Å². The Labute approximate surface area is 488 Å². The average Bonchev–Trinajstić information content (AvgIpc) is 1.70. The van der Waals surface area contributed by atoms with Crippen LogP contribution < -0.4 is 30.4 Å². The highest BCUT2D eigenvalue weighted by Gasteiger charge is 2.49. The fourth-order valence-corrected chi connectivity index (χ4v) is 16.4. The molecule has 5 heteroatoms. The minimum Gasteiger partial charge on any atom is -0.311 e. The second-order valence-corrected chi connectivity index (χ2v) is 29.3. The summed E-state index contributed by atoms with van der Waals surface area (Å²) in [5.41, 5.74) is 21.3. The van der Waals surface area contributed by atoms with Crippen molar-refractivity contribution >= 4 is 95.0 Å². The molecule has 0 unspecified atom stereocenters. The first kappa shape index (κ1) is 45.9. The lowest BCUT2D eigenvalue weighted by Gasteiger charge is -2.46. The second-order valence-electron chi connectivity index (χ2n) is 28.2. The summed E-state index contributed by atoms with van der Waals surface area (Å²) < 4.78 is 49.5. The van der Waals surface area contributed by atoms with E-state index in [2.05, 4.69) is 238 Å². The number of fused-ring (bicyclic) bond motifs is 9. The number of para-hydroxylation sites is 2. The normalized spacial score (nSPS) is 19.9. The molecule has 0 atom stereocenters. The van der Waals surface area contributed by atoms with Gasteiger partial charge in [0, 0.05) is 60.2 Å². The third-order valence-electron chi connectivity index (χ3n) is 20.1. The summed E-state index contributed by atoms with van der Waals surface area (Å²) in [5, 5.41) is 1.29. The zero-order chi connectivity index (χ0) is 60.0. The molecule has 0 amide bonds. The molecule has 0 saturated carbocycles. The highest BCUT2D eigenvalue weighted by Crippen LogP contribution is 2.57. The van der Waals surface area contributed by atoms with E-state index in [1.54, 1.807) is 0 Å². The summed E-state index contributed by atoms with van der Waals surface area (Å²) in [6.07, 6.45) is 6.41. The van der Waals surface area contributed by atoms with Gasteiger partial charge in [0.05, 0.1) is 18.2 Å². The molecule has 0 N–H and O–H groups in total. The predicted octanol–water partition coefficient (Wildman–Crippen LogP) is 19.5. The monoisotopic (exact) mass is 1070 g/mol. The Balaban J connectivity index is 1.14. The maximum absolute atomic E-state index is 9.79. The minimum atomic E-state index is -0.397. The zero-order valence-corrected chi connectivity index (χ0v) is 50.1. The van der Waals surface area contributed by atoms with Crippen molar-refractivity contribution in [2.75, 3.05) is 14.7 Å². The van der Waals surface area contributed by atoms with Crippen LogP contribution in [0.4, 0.5) is 51.2 Å². The van der Waals surface area contributed by atoms with Crippen molar-refractivity contribution in [3.8, 4) is 11.1 Å². The lowest BCUT2D eigenvalue weighted by Crippen LogP contribution is -2.60. The summed E-state index contributed by atoms with van der Waals surface area (Å²) in [6, 6.07) is 48.7. The number of hydrogen-bond acceptors (Lipinski definition) is 4. The molecule has 3 aliphatic carbocycles. The molecule has 0 bridgehead atoms. The van der Waals surface area contributed by atoms with Crippen LogP contribution in [0.3, 0.4) is 0 Å². The molecule has 1 aromatic heterocycles. The van der Waals surface area contributed by atoms with Gasteiger partial charge < -0.3 is 14.7 Å². The highest BCUT2D eigenvalue weighted by atomic mass is 32.1. The molecule has 8 aromatic carbocycles. The van der Waals surface area contributed by atoms with Crippen LogP contribution >= 0.6 is 11.3 Å². The molecular weight excluding hydrogens is 986 g/mol. The Morgan fingerprint density at radius 3 is 1.56 bits per heavy atom. The molecule has 2 aliphatic heterocycles. The number of thiophene rings is 1. The molecule has 80 heavy (non-hydrogen) atoms. The third-order valence-corrected chi connectivity index (χ3v) is 21.3. The Bertz CT molecular complexity index is 4240. The lowest BCUT2D eigenvalue weighted by atomic mass is 9.36. The number of anilines is 9. The Hall–Kier alpha value is -6.82.